The molecule has 0 aliphatic rings. The molecule has 0 aliphatic carbocycles. The van der Waals surface area contributed by atoms with Gasteiger partial charge in [-0.15, -0.1) is 0 Å². The number of amides is 1. The topological polar surface area (TPSA) is 59.3 Å². The van der Waals surface area contributed by atoms with Gasteiger partial charge in [0.1, 0.15) is 5.58 Å². The maximum atomic E-state index is 11.9. The van der Waals surface area contributed by atoms with Gasteiger partial charge in [0.2, 0.25) is 5.91 Å². The van der Waals surface area contributed by atoms with Gasteiger partial charge in [0.05, 0.1) is 0 Å². The maximum Gasteiger partial charge on any atom is 0.336 e. The molecule has 1 heterocycles. The normalized spacial score (nSPS) is 11.7. The van der Waals surface area contributed by atoms with Crippen LogP contribution < -0.4 is 10.9 Å². The Morgan fingerprint density at radius 1 is 1.29 bits per heavy atom. The first kappa shape index (κ1) is 15.6. The molecular weight excluding hydrogens is 290 g/mol. The van der Waals surface area contributed by atoms with Gasteiger partial charge in [0, 0.05) is 28.4 Å². The number of carbonyl (C=O) groups excluding carboxylic acids is 1. The van der Waals surface area contributed by atoms with Gasteiger partial charge < -0.3 is 9.73 Å². The largest absolute Gasteiger partial charge is 0.423 e. The highest BCUT2D eigenvalue weighted by Gasteiger charge is 2.21. The van der Waals surface area contributed by atoms with Gasteiger partial charge in [-0.25, -0.2) is 4.79 Å². The molecule has 0 atom stereocenters. The fourth-order valence-corrected chi connectivity index (χ4v) is 2.10. The second-order valence-electron chi connectivity index (χ2n) is 6.12. The zero-order valence-electron chi connectivity index (χ0n) is 12.5. The third kappa shape index (κ3) is 3.45. The molecule has 0 spiro atoms. The van der Waals surface area contributed by atoms with Crippen LogP contribution in [0.15, 0.2) is 27.4 Å². The first-order valence-corrected chi connectivity index (χ1v) is 7.07. The van der Waals surface area contributed by atoms with E-state index in [-0.39, 0.29) is 12.5 Å². The Bertz CT molecular complexity index is 756. The monoisotopic (exact) mass is 307 g/mol. The Kier molecular flexibility index (Phi) is 4.10. The quantitative estimate of drug-likeness (QED) is 0.865. The van der Waals surface area contributed by atoms with E-state index in [0.29, 0.717) is 16.2 Å². The van der Waals surface area contributed by atoms with E-state index in [1.54, 1.807) is 12.1 Å². The second kappa shape index (κ2) is 5.53. The number of aryl methyl sites for hydroxylation is 1. The number of benzene rings is 1. The van der Waals surface area contributed by atoms with Crippen molar-refractivity contribution >= 4 is 28.5 Å². The Morgan fingerprint density at radius 3 is 2.57 bits per heavy atom. The van der Waals surface area contributed by atoms with E-state index < -0.39 is 11.0 Å². The minimum absolute atomic E-state index is 0.0814. The smallest absolute Gasteiger partial charge is 0.336 e. The first-order valence-electron chi connectivity index (χ1n) is 6.69. The standard InChI is InChI=1S/C16H18ClNO3/c1-9-5-13-11(7-12(9)17)10(6-14(19)21-13)8-18-15(20)16(2,3)4/h5-7H,8H2,1-4H3,(H,18,20). The molecule has 0 bridgehead atoms. The summed E-state index contributed by atoms with van der Waals surface area (Å²) in [6.45, 7) is 7.60. The molecule has 0 unspecified atom stereocenters. The van der Waals surface area contributed by atoms with Gasteiger partial charge >= 0.3 is 5.63 Å². The highest BCUT2D eigenvalue weighted by atomic mass is 35.5. The van der Waals surface area contributed by atoms with E-state index >= 15 is 0 Å². The molecule has 4 nitrogen and oxygen atoms in total. The third-order valence-electron chi connectivity index (χ3n) is 3.23. The average molecular weight is 308 g/mol. The molecule has 0 saturated carbocycles. The Labute approximate surface area is 128 Å². The van der Waals surface area contributed by atoms with Gasteiger partial charge in [0.25, 0.3) is 0 Å². The number of carbonyl (C=O) groups is 1. The summed E-state index contributed by atoms with van der Waals surface area (Å²) in [6, 6.07) is 4.87. The van der Waals surface area contributed by atoms with Crippen LogP contribution in [0.5, 0.6) is 0 Å². The summed E-state index contributed by atoms with van der Waals surface area (Å²) in [5.41, 5.74) is 1.08. The van der Waals surface area contributed by atoms with Crippen LogP contribution >= 0.6 is 11.6 Å². The van der Waals surface area contributed by atoms with E-state index in [0.717, 1.165) is 10.9 Å². The van der Waals surface area contributed by atoms with Crippen molar-refractivity contribution < 1.29 is 9.21 Å². The van der Waals surface area contributed by atoms with Crippen LogP contribution in [0.2, 0.25) is 5.02 Å². The number of fused-ring (bicyclic) bond motifs is 1. The van der Waals surface area contributed by atoms with Gasteiger partial charge in [-0.1, -0.05) is 32.4 Å². The molecule has 0 fully saturated rings. The van der Waals surface area contributed by atoms with Crippen molar-refractivity contribution in [3.63, 3.8) is 0 Å². The summed E-state index contributed by atoms with van der Waals surface area (Å²) < 4.78 is 5.19. The lowest BCUT2D eigenvalue weighted by Gasteiger charge is -2.18. The molecular formula is C16H18ClNO3. The van der Waals surface area contributed by atoms with Crippen molar-refractivity contribution in [2.24, 2.45) is 5.41 Å². The molecule has 1 aromatic heterocycles. The van der Waals surface area contributed by atoms with E-state index in [2.05, 4.69) is 5.32 Å². The Morgan fingerprint density at radius 2 is 1.95 bits per heavy atom. The number of nitrogens with one attached hydrogen (secondary N) is 1. The van der Waals surface area contributed by atoms with E-state index in [9.17, 15) is 9.59 Å². The SMILES string of the molecule is Cc1cc2oc(=O)cc(CNC(=O)C(C)(C)C)c2cc1Cl. The first-order chi connectivity index (χ1) is 9.68. The van der Waals surface area contributed by atoms with Crippen LogP contribution in [0.25, 0.3) is 11.0 Å². The molecule has 0 saturated heterocycles. The van der Waals surface area contributed by atoms with Crippen LogP contribution in [-0.2, 0) is 11.3 Å². The van der Waals surface area contributed by atoms with Gasteiger partial charge in [-0.3, -0.25) is 4.79 Å². The van der Waals surface area contributed by atoms with Crippen molar-refractivity contribution in [3.8, 4) is 0 Å². The predicted octanol–water partition coefficient (Wildman–Crippen LogP) is 3.42. The van der Waals surface area contributed by atoms with Crippen LogP contribution in [0.1, 0.15) is 31.9 Å². The van der Waals surface area contributed by atoms with E-state index in [4.69, 9.17) is 16.0 Å². The molecule has 112 valence electrons. The summed E-state index contributed by atoms with van der Waals surface area (Å²) >= 11 is 6.13. The van der Waals surface area contributed by atoms with Crippen molar-refractivity contribution in [3.05, 3.63) is 44.8 Å². The van der Waals surface area contributed by atoms with Crippen molar-refractivity contribution in [2.75, 3.05) is 0 Å². The molecule has 0 radical (unpaired) electrons. The molecule has 21 heavy (non-hydrogen) atoms. The fourth-order valence-electron chi connectivity index (χ4n) is 1.94. The zero-order valence-corrected chi connectivity index (χ0v) is 13.3. The summed E-state index contributed by atoms with van der Waals surface area (Å²) in [4.78, 5) is 23.6. The van der Waals surface area contributed by atoms with Gasteiger partial charge in [0.15, 0.2) is 0 Å². The zero-order chi connectivity index (χ0) is 15.8. The molecule has 0 aliphatic heterocycles. The molecule has 5 heteroatoms. The minimum atomic E-state index is -0.483. The summed E-state index contributed by atoms with van der Waals surface area (Å²) in [6.07, 6.45) is 0. The average Bonchev–Trinajstić information content (AvgIpc) is 2.36. The highest BCUT2D eigenvalue weighted by molar-refractivity contribution is 6.32. The van der Waals surface area contributed by atoms with Crippen LogP contribution in [0, 0.1) is 12.3 Å². The minimum Gasteiger partial charge on any atom is -0.423 e. The molecule has 1 amide bonds. The Balaban J connectivity index is 2.42. The lowest BCUT2D eigenvalue weighted by atomic mass is 9.95. The second-order valence-corrected chi connectivity index (χ2v) is 6.53. The molecule has 2 rings (SSSR count). The summed E-state index contributed by atoms with van der Waals surface area (Å²) in [7, 11) is 0. The fraction of sp³-hybridized carbons (Fsp3) is 0.375. The van der Waals surface area contributed by atoms with Crippen LogP contribution in [-0.4, -0.2) is 5.91 Å². The summed E-state index contributed by atoms with van der Waals surface area (Å²) in [5.74, 6) is -0.0814. The van der Waals surface area contributed by atoms with Crippen LogP contribution in [0.4, 0.5) is 0 Å². The van der Waals surface area contributed by atoms with Crippen LogP contribution in [0.3, 0.4) is 0 Å². The Hall–Kier alpha value is -1.81. The highest BCUT2D eigenvalue weighted by Crippen LogP contribution is 2.25. The van der Waals surface area contributed by atoms with E-state index in [1.165, 1.54) is 6.07 Å². The molecule has 1 aromatic carbocycles. The number of hydrogen-bond acceptors (Lipinski definition) is 3. The van der Waals surface area contributed by atoms with Crippen molar-refractivity contribution in [1.29, 1.82) is 0 Å². The number of rotatable bonds is 2. The number of halogens is 1. The lowest BCUT2D eigenvalue weighted by molar-refractivity contribution is -0.128. The van der Waals surface area contributed by atoms with Crippen molar-refractivity contribution in [2.45, 2.75) is 34.2 Å². The summed E-state index contributed by atoms with van der Waals surface area (Å²) in [5, 5.41) is 4.16. The number of hydrogen-bond donors (Lipinski definition) is 1. The lowest BCUT2D eigenvalue weighted by Crippen LogP contribution is -2.34. The third-order valence-corrected chi connectivity index (χ3v) is 3.64. The van der Waals surface area contributed by atoms with Crippen molar-refractivity contribution in [1.82, 2.24) is 5.32 Å². The predicted molar refractivity (Wildman–Crippen MR) is 83.5 cm³/mol. The molecule has 2 aromatic rings. The maximum absolute atomic E-state index is 11.9. The molecule has 1 N–H and O–H groups in total. The van der Waals surface area contributed by atoms with Gasteiger partial charge in [-0.2, -0.15) is 0 Å². The van der Waals surface area contributed by atoms with Gasteiger partial charge in [-0.05, 0) is 30.2 Å². The van der Waals surface area contributed by atoms with E-state index in [1.807, 2.05) is 27.7 Å².